The van der Waals surface area contributed by atoms with Crippen molar-refractivity contribution in [1.29, 1.82) is 0 Å². The van der Waals surface area contributed by atoms with Crippen LogP contribution in [0.3, 0.4) is 0 Å². The highest BCUT2D eigenvalue weighted by atomic mass is 16.5. The Labute approximate surface area is 97.4 Å². The molecular formula is C12H21N3O. The van der Waals surface area contributed by atoms with E-state index in [0.29, 0.717) is 12.6 Å². The fraction of sp³-hybridized carbons (Fsp3) is 0.583. The van der Waals surface area contributed by atoms with Crippen molar-refractivity contribution in [2.75, 3.05) is 31.4 Å². The van der Waals surface area contributed by atoms with E-state index in [1.807, 2.05) is 25.2 Å². The van der Waals surface area contributed by atoms with E-state index >= 15 is 0 Å². The third kappa shape index (κ3) is 4.06. The highest BCUT2D eigenvalue weighted by Crippen LogP contribution is 2.11. The number of anilines is 2. The summed E-state index contributed by atoms with van der Waals surface area (Å²) >= 11 is 0. The Morgan fingerprint density at radius 1 is 1.38 bits per heavy atom. The number of pyridine rings is 1. The first-order chi connectivity index (χ1) is 7.80. The first kappa shape index (κ1) is 12.8. The molecule has 0 aliphatic heterocycles. The first-order valence-electron chi connectivity index (χ1n) is 5.70. The normalized spacial score (nSPS) is 12.2. The van der Waals surface area contributed by atoms with Gasteiger partial charge in [-0.3, -0.25) is 0 Å². The topological polar surface area (TPSA) is 46.2 Å². The fourth-order valence-corrected chi connectivity index (χ4v) is 1.61. The standard InChI is InChI=1S/C12H21N3O/c1-4-6-10(9-16-3)14-12-8-5-7-11(13-2)15-12/h5,7-8,10H,4,6,9H2,1-3H3,(H2,13,14,15). The van der Waals surface area contributed by atoms with E-state index in [4.69, 9.17) is 4.74 Å². The molecule has 0 bridgehead atoms. The maximum absolute atomic E-state index is 5.18. The Hall–Kier alpha value is -1.29. The Bertz CT molecular complexity index is 298. The minimum atomic E-state index is 0.328. The van der Waals surface area contributed by atoms with Crippen LogP contribution in [0.2, 0.25) is 0 Å². The van der Waals surface area contributed by atoms with E-state index in [-0.39, 0.29) is 0 Å². The highest BCUT2D eigenvalue weighted by molar-refractivity contribution is 5.45. The van der Waals surface area contributed by atoms with Gasteiger partial charge in [-0.1, -0.05) is 19.4 Å². The molecule has 0 saturated heterocycles. The maximum atomic E-state index is 5.18. The third-order valence-corrected chi connectivity index (χ3v) is 2.36. The second-order valence-corrected chi connectivity index (χ2v) is 3.74. The number of methoxy groups -OCH3 is 1. The van der Waals surface area contributed by atoms with Gasteiger partial charge in [0.05, 0.1) is 12.6 Å². The molecule has 16 heavy (non-hydrogen) atoms. The van der Waals surface area contributed by atoms with E-state index in [1.165, 1.54) is 0 Å². The van der Waals surface area contributed by atoms with Gasteiger partial charge in [-0.15, -0.1) is 0 Å². The molecule has 4 heteroatoms. The van der Waals surface area contributed by atoms with Gasteiger partial charge in [0.2, 0.25) is 0 Å². The molecule has 1 unspecified atom stereocenters. The van der Waals surface area contributed by atoms with Gasteiger partial charge < -0.3 is 15.4 Å². The van der Waals surface area contributed by atoms with Crippen LogP contribution in [0.25, 0.3) is 0 Å². The minimum Gasteiger partial charge on any atom is -0.383 e. The summed E-state index contributed by atoms with van der Waals surface area (Å²) in [5.41, 5.74) is 0. The molecule has 0 spiro atoms. The monoisotopic (exact) mass is 223 g/mol. The van der Waals surface area contributed by atoms with Gasteiger partial charge in [-0.25, -0.2) is 4.98 Å². The molecule has 0 radical (unpaired) electrons. The van der Waals surface area contributed by atoms with Crippen molar-refractivity contribution < 1.29 is 4.74 Å². The van der Waals surface area contributed by atoms with Crippen LogP contribution in [-0.4, -0.2) is 31.8 Å². The zero-order valence-corrected chi connectivity index (χ0v) is 10.3. The largest absolute Gasteiger partial charge is 0.383 e. The van der Waals surface area contributed by atoms with Crippen LogP contribution in [0.5, 0.6) is 0 Å². The van der Waals surface area contributed by atoms with Gasteiger partial charge in [0, 0.05) is 14.2 Å². The molecular weight excluding hydrogens is 202 g/mol. The number of aromatic nitrogens is 1. The maximum Gasteiger partial charge on any atom is 0.128 e. The number of nitrogens with zero attached hydrogens (tertiary/aromatic N) is 1. The molecule has 0 saturated carbocycles. The Kier molecular flexibility index (Phi) is 5.64. The Morgan fingerprint density at radius 2 is 2.12 bits per heavy atom. The molecule has 0 aliphatic rings. The molecule has 0 fully saturated rings. The Balaban J connectivity index is 2.60. The van der Waals surface area contributed by atoms with Crippen LogP contribution < -0.4 is 10.6 Å². The van der Waals surface area contributed by atoms with Crippen molar-refractivity contribution in [2.45, 2.75) is 25.8 Å². The number of nitrogens with one attached hydrogen (secondary N) is 2. The average Bonchev–Trinajstić information content (AvgIpc) is 2.30. The predicted molar refractivity (Wildman–Crippen MR) is 68.0 cm³/mol. The van der Waals surface area contributed by atoms with Gasteiger partial charge in [-0.2, -0.15) is 0 Å². The molecule has 0 amide bonds. The zero-order chi connectivity index (χ0) is 11.8. The van der Waals surface area contributed by atoms with Crippen molar-refractivity contribution in [2.24, 2.45) is 0 Å². The number of hydrogen-bond acceptors (Lipinski definition) is 4. The van der Waals surface area contributed by atoms with E-state index in [9.17, 15) is 0 Å². The molecule has 1 aromatic rings. The summed E-state index contributed by atoms with van der Waals surface area (Å²) in [6.07, 6.45) is 2.21. The molecule has 1 heterocycles. The summed E-state index contributed by atoms with van der Waals surface area (Å²) in [6, 6.07) is 6.22. The number of ether oxygens (including phenoxy) is 1. The molecule has 1 atom stereocenters. The SMILES string of the molecule is CCCC(COC)Nc1cccc(NC)n1. The lowest BCUT2D eigenvalue weighted by atomic mass is 10.2. The molecule has 1 aromatic heterocycles. The first-order valence-corrected chi connectivity index (χ1v) is 5.70. The second-order valence-electron chi connectivity index (χ2n) is 3.74. The van der Waals surface area contributed by atoms with Gasteiger partial charge >= 0.3 is 0 Å². The minimum absolute atomic E-state index is 0.328. The molecule has 0 aromatic carbocycles. The van der Waals surface area contributed by atoms with Gasteiger partial charge in [0.15, 0.2) is 0 Å². The summed E-state index contributed by atoms with van der Waals surface area (Å²) in [5, 5.41) is 6.40. The van der Waals surface area contributed by atoms with Crippen LogP contribution >= 0.6 is 0 Å². The zero-order valence-electron chi connectivity index (χ0n) is 10.3. The quantitative estimate of drug-likeness (QED) is 0.745. The van der Waals surface area contributed by atoms with Crippen LogP contribution in [0, 0.1) is 0 Å². The molecule has 2 N–H and O–H groups in total. The van der Waals surface area contributed by atoms with Crippen molar-refractivity contribution >= 4 is 11.6 Å². The average molecular weight is 223 g/mol. The summed E-state index contributed by atoms with van der Waals surface area (Å²) in [6.45, 7) is 2.88. The van der Waals surface area contributed by atoms with Crippen LogP contribution in [0.15, 0.2) is 18.2 Å². The van der Waals surface area contributed by atoms with E-state index < -0.39 is 0 Å². The molecule has 1 rings (SSSR count). The van der Waals surface area contributed by atoms with Crippen molar-refractivity contribution in [3.05, 3.63) is 18.2 Å². The summed E-state index contributed by atoms with van der Waals surface area (Å²) < 4.78 is 5.18. The fourth-order valence-electron chi connectivity index (χ4n) is 1.61. The van der Waals surface area contributed by atoms with E-state index in [1.54, 1.807) is 7.11 Å². The lowest BCUT2D eigenvalue weighted by Gasteiger charge is -2.18. The second kappa shape index (κ2) is 7.06. The van der Waals surface area contributed by atoms with E-state index in [2.05, 4.69) is 22.5 Å². The smallest absolute Gasteiger partial charge is 0.128 e. The van der Waals surface area contributed by atoms with Gasteiger partial charge in [-0.05, 0) is 18.6 Å². The lowest BCUT2D eigenvalue weighted by molar-refractivity contribution is 0.182. The van der Waals surface area contributed by atoms with Crippen molar-refractivity contribution in [1.82, 2.24) is 4.98 Å². The van der Waals surface area contributed by atoms with E-state index in [0.717, 1.165) is 24.5 Å². The predicted octanol–water partition coefficient (Wildman–Crippen LogP) is 2.35. The lowest BCUT2D eigenvalue weighted by Crippen LogP contribution is -2.25. The number of rotatable bonds is 7. The third-order valence-electron chi connectivity index (χ3n) is 2.36. The molecule has 0 aliphatic carbocycles. The number of hydrogen-bond donors (Lipinski definition) is 2. The van der Waals surface area contributed by atoms with Crippen LogP contribution in [0.4, 0.5) is 11.6 Å². The summed E-state index contributed by atoms with van der Waals surface area (Å²) in [4.78, 5) is 4.42. The van der Waals surface area contributed by atoms with Crippen molar-refractivity contribution in [3.8, 4) is 0 Å². The van der Waals surface area contributed by atoms with Crippen LogP contribution in [-0.2, 0) is 4.74 Å². The van der Waals surface area contributed by atoms with Crippen molar-refractivity contribution in [3.63, 3.8) is 0 Å². The molecule has 4 nitrogen and oxygen atoms in total. The van der Waals surface area contributed by atoms with Gasteiger partial charge in [0.25, 0.3) is 0 Å². The highest BCUT2D eigenvalue weighted by Gasteiger charge is 2.07. The molecule has 90 valence electrons. The Morgan fingerprint density at radius 3 is 2.75 bits per heavy atom. The van der Waals surface area contributed by atoms with Gasteiger partial charge in [0.1, 0.15) is 11.6 Å². The summed E-state index contributed by atoms with van der Waals surface area (Å²) in [7, 11) is 3.59. The van der Waals surface area contributed by atoms with Crippen LogP contribution in [0.1, 0.15) is 19.8 Å². The summed E-state index contributed by atoms with van der Waals surface area (Å²) in [5.74, 6) is 1.76.